The van der Waals surface area contributed by atoms with E-state index >= 15 is 0 Å². The Balaban J connectivity index is 3.04. The first-order valence-electron chi connectivity index (χ1n) is 4.85. The van der Waals surface area contributed by atoms with Crippen molar-refractivity contribution in [2.75, 3.05) is 5.75 Å². The van der Waals surface area contributed by atoms with E-state index in [1.54, 1.807) is 23.5 Å². The maximum absolute atomic E-state index is 9.04. The molecule has 1 unspecified atom stereocenters. The first-order valence-corrected chi connectivity index (χ1v) is 7.06. The molecule has 0 aliphatic carbocycles. The minimum Gasteiger partial charge on any atom is -0.361 e. The van der Waals surface area contributed by atoms with Crippen molar-refractivity contribution < 1.29 is 0 Å². The summed E-state index contributed by atoms with van der Waals surface area (Å²) in [6, 6.07) is 2.18. The van der Waals surface area contributed by atoms with Crippen LogP contribution < -0.4 is 5.32 Å². The van der Waals surface area contributed by atoms with Gasteiger partial charge in [0.2, 0.25) is 0 Å². The molecular weight excluding hydrogens is 244 g/mol. The minimum atomic E-state index is -0.0606. The van der Waals surface area contributed by atoms with Crippen LogP contribution in [0.25, 0.3) is 0 Å². The van der Waals surface area contributed by atoms with Crippen molar-refractivity contribution >= 4 is 40.7 Å². The summed E-state index contributed by atoms with van der Waals surface area (Å²) in [7, 11) is 0. The molecule has 0 radical (unpaired) electrons. The Morgan fingerprint density at radius 3 is 2.73 bits per heavy atom. The molecule has 0 amide bonds. The Morgan fingerprint density at radius 1 is 1.60 bits per heavy atom. The summed E-state index contributed by atoms with van der Waals surface area (Å²) in [5.41, 5.74) is 0.632. The van der Waals surface area contributed by atoms with Gasteiger partial charge in [0.1, 0.15) is 16.6 Å². The summed E-state index contributed by atoms with van der Waals surface area (Å²) in [6.07, 6.45) is 0.976. The fraction of sp³-hybridized carbons (Fsp3) is 0.600. The molecule has 0 aromatic rings. The predicted octanol–water partition coefficient (Wildman–Crippen LogP) is 3.26. The highest BCUT2D eigenvalue weighted by molar-refractivity contribution is 8.23. The van der Waals surface area contributed by atoms with Gasteiger partial charge in [-0.1, -0.05) is 37.8 Å². The number of rotatable bonds is 3. The summed E-state index contributed by atoms with van der Waals surface area (Å²) in [4.78, 5) is 0.533. The molecule has 0 aromatic carbocycles. The molecule has 1 N–H and O–H groups in total. The molecule has 0 saturated heterocycles. The highest BCUT2D eigenvalue weighted by Crippen LogP contribution is 2.43. The maximum Gasteiger partial charge on any atom is 0.120 e. The molecule has 1 heterocycles. The molecule has 2 nitrogen and oxygen atoms in total. The van der Waals surface area contributed by atoms with Gasteiger partial charge in [-0.15, -0.1) is 11.8 Å². The summed E-state index contributed by atoms with van der Waals surface area (Å²) < 4.78 is 1.06. The van der Waals surface area contributed by atoms with E-state index in [-0.39, 0.29) is 4.87 Å². The molecule has 5 heteroatoms. The summed E-state index contributed by atoms with van der Waals surface area (Å²) in [5, 5.41) is 12.3. The van der Waals surface area contributed by atoms with Crippen molar-refractivity contribution in [3.05, 3.63) is 9.81 Å². The van der Waals surface area contributed by atoms with Gasteiger partial charge in [0.15, 0.2) is 0 Å². The van der Waals surface area contributed by atoms with Crippen LogP contribution in [-0.2, 0) is 0 Å². The van der Waals surface area contributed by atoms with Crippen LogP contribution in [0.4, 0.5) is 0 Å². The number of nitrogens with one attached hydrogen (secondary N) is 1. The van der Waals surface area contributed by atoms with Crippen LogP contribution >= 0.6 is 35.7 Å². The molecule has 1 rings (SSSR count). The molecule has 0 spiro atoms. The number of nitriles is 1. The molecule has 1 atom stereocenters. The fourth-order valence-corrected chi connectivity index (χ4v) is 4.38. The molecule has 82 valence electrons. The van der Waals surface area contributed by atoms with Gasteiger partial charge in [-0.05, 0) is 19.1 Å². The number of nitrogens with zero attached hydrogens (tertiary/aromatic N) is 1. The highest BCUT2D eigenvalue weighted by atomic mass is 32.2. The molecule has 0 aromatic heterocycles. The van der Waals surface area contributed by atoms with E-state index in [1.165, 1.54) is 0 Å². The molecule has 0 bridgehead atoms. The minimum absolute atomic E-state index is 0.0606. The molecular formula is C10H14N2S3. The fourth-order valence-electron chi connectivity index (χ4n) is 1.17. The monoisotopic (exact) mass is 258 g/mol. The van der Waals surface area contributed by atoms with E-state index in [1.807, 2.05) is 0 Å². The van der Waals surface area contributed by atoms with Crippen molar-refractivity contribution in [1.82, 2.24) is 5.32 Å². The number of hydrogen-bond acceptors (Lipinski definition) is 4. The van der Waals surface area contributed by atoms with Gasteiger partial charge >= 0.3 is 0 Å². The molecule has 0 saturated carbocycles. The third-order valence-electron chi connectivity index (χ3n) is 2.19. The zero-order valence-electron chi connectivity index (χ0n) is 9.09. The molecule has 15 heavy (non-hydrogen) atoms. The van der Waals surface area contributed by atoms with Gasteiger partial charge in [-0.25, -0.2) is 0 Å². The Hall–Kier alpha value is -0.180. The van der Waals surface area contributed by atoms with E-state index < -0.39 is 0 Å². The third-order valence-corrected chi connectivity index (χ3v) is 5.08. The van der Waals surface area contributed by atoms with Gasteiger partial charge in [0.25, 0.3) is 0 Å². The zero-order chi connectivity index (χ0) is 11.5. The Labute approximate surface area is 105 Å². The molecule has 0 fully saturated rings. The standard InChI is InChI=1S/C10H14N2S3/c1-4-10(3)12-8(13)7(6-11)9(15-10)14-5-2/h4-5H2,1-3H3,(H,12,13). The summed E-state index contributed by atoms with van der Waals surface area (Å²) in [5.74, 6) is 0.968. The van der Waals surface area contributed by atoms with Crippen LogP contribution in [0, 0.1) is 11.3 Å². The number of thiocarbonyl (C=S) groups is 1. The number of hydrogen-bond donors (Lipinski definition) is 1. The molecule has 1 aliphatic rings. The van der Waals surface area contributed by atoms with Crippen molar-refractivity contribution in [1.29, 1.82) is 5.26 Å². The van der Waals surface area contributed by atoms with Gasteiger partial charge in [0.05, 0.1) is 9.11 Å². The highest BCUT2D eigenvalue weighted by Gasteiger charge is 2.33. The normalized spacial score (nSPS) is 26.1. The average Bonchev–Trinajstić information content (AvgIpc) is 2.18. The van der Waals surface area contributed by atoms with E-state index in [0.29, 0.717) is 10.6 Å². The van der Waals surface area contributed by atoms with Crippen LogP contribution in [-0.4, -0.2) is 15.6 Å². The zero-order valence-corrected chi connectivity index (χ0v) is 11.5. The first-order chi connectivity index (χ1) is 7.06. The van der Waals surface area contributed by atoms with Gasteiger partial charge in [-0.2, -0.15) is 5.26 Å². The topological polar surface area (TPSA) is 35.8 Å². The van der Waals surface area contributed by atoms with E-state index in [4.69, 9.17) is 17.5 Å². The van der Waals surface area contributed by atoms with E-state index in [2.05, 4.69) is 32.2 Å². The summed E-state index contributed by atoms with van der Waals surface area (Å²) in [6.45, 7) is 6.32. The van der Waals surface area contributed by atoms with Crippen molar-refractivity contribution in [3.63, 3.8) is 0 Å². The van der Waals surface area contributed by atoms with Gasteiger partial charge < -0.3 is 5.32 Å². The van der Waals surface area contributed by atoms with Crippen molar-refractivity contribution in [2.45, 2.75) is 32.1 Å². The largest absolute Gasteiger partial charge is 0.361 e. The molecule has 1 aliphatic heterocycles. The lowest BCUT2D eigenvalue weighted by Crippen LogP contribution is -2.45. The Morgan fingerprint density at radius 2 is 2.27 bits per heavy atom. The predicted molar refractivity (Wildman–Crippen MR) is 72.8 cm³/mol. The van der Waals surface area contributed by atoms with Crippen molar-refractivity contribution in [3.8, 4) is 6.07 Å². The van der Waals surface area contributed by atoms with Crippen LogP contribution in [0.5, 0.6) is 0 Å². The Kier molecular flexibility index (Phi) is 4.50. The van der Waals surface area contributed by atoms with Crippen LogP contribution in [0.1, 0.15) is 27.2 Å². The van der Waals surface area contributed by atoms with E-state index in [0.717, 1.165) is 16.4 Å². The quantitative estimate of drug-likeness (QED) is 0.786. The smallest absolute Gasteiger partial charge is 0.120 e. The van der Waals surface area contributed by atoms with Crippen molar-refractivity contribution in [2.24, 2.45) is 0 Å². The van der Waals surface area contributed by atoms with Gasteiger partial charge in [0, 0.05) is 0 Å². The third kappa shape index (κ3) is 2.90. The second kappa shape index (κ2) is 5.24. The van der Waals surface area contributed by atoms with Crippen LogP contribution in [0.3, 0.4) is 0 Å². The lowest BCUT2D eigenvalue weighted by atomic mass is 10.2. The summed E-state index contributed by atoms with van der Waals surface area (Å²) >= 11 is 8.63. The van der Waals surface area contributed by atoms with Crippen LogP contribution in [0.15, 0.2) is 9.81 Å². The first kappa shape index (κ1) is 12.9. The average molecular weight is 258 g/mol. The second-order valence-corrected chi connectivity index (χ2v) is 6.80. The van der Waals surface area contributed by atoms with E-state index in [9.17, 15) is 0 Å². The van der Waals surface area contributed by atoms with Gasteiger partial charge in [-0.3, -0.25) is 0 Å². The maximum atomic E-state index is 9.04. The second-order valence-electron chi connectivity index (χ2n) is 3.35. The van der Waals surface area contributed by atoms with Crippen LogP contribution in [0.2, 0.25) is 0 Å². The number of thioether (sulfide) groups is 2. The lowest BCUT2D eigenvalue weighted by Gasteiger charge is -2.35. The SMILES string of the molecule is CCSC1=C(C#N)C(=S)NC(C)(CC)S1. The lowest BCUT2D eigenvalue weighted by molar-refractivity contribution is 0.587. The Bertz CT molecular complexity index is 343.